The molecule has 3 aromatic heterocycles. The summed E-state index contributed by atoms with van der Waals surface area (Å²) in [4.78, 5) is 32.6. The number of thiazole rings is 1. The molecule has 5 heterocycles. The van der Waals surface area contributed by atoms with E-state index in [1.54, 1.807) is 27.5 Å². The van der Waals surface area contributed by atoms with Crippen LogP contribution in [0.2, 0.25) is 0 Å². The van der Waals surface area contributed by atoms with Crippen molar-refractivity contribution in [1.29, 1.82) is 0 Å². The summed E-state index contributed by atoms with van der Waals surface area (Å²) in [5.74, 6) is 0.0898. The second-order valence-corrected chi connectivity index (χ2v) is 9.37. The third-order valence-corrected chi connectivity index (χ3v) is 7.22. The SMILES string of the molecule is Cc1nc(CNC(=O)[C@H]2[C@@H]3C[C@@H](CN(c4nncs4)C3)c3cccc(=O)n32)cs1. The lowest BCUT2D eigenvalue weighted by molar-refractivity contribution is -0.127. The van der Waals surface area contributed by atoms with Crippen molar-refractivity contribution in [2.24, 2.45) is 5.92 Å². The van der Waals surface area contributed by atoms with Crippen LogP contribution in [0.1, 0.15) is 34.8 Å². The minimum Gasteiger partial charge on any atom is -0.349 e. The van der Waals surface area contributed by atoms with Gasteiger partial charge in [0.05, 0.1) is 17.2 Å². The molecule has 3 aromatic rings. The molecule has 0 aliphatic carbocycles. The van der Waals surface area contributed by atoms with Crippen molar-refractivity contribution in [2.45, 2.75) is 31.8 Å². The van der Waals surface area contributed by atoms with Crippen molar-refractivity contribution in [2.75, 3.05) is 18.0 Å². The highest BCUT2D eigenvalue weighted by Crippen LogP contribution is 2.42. The van der Waals surface area contributed by atoms with Gasteiger partial charge in [-0.1, -0.05) is 17.4 Å². The topological polar surface area (TPSA) is 93.0 Å². The summed E-state index contributed by atoms with van der Waals surface area (Å²) in [6.45, 7) is 3.77. The van der Waals surface area contributed by atoms with Gasteiger partial charge in [-0.05, 0) is 19.4 Å². The van der Waals surface area contributed by atoms with E-state index in [-0.39, 0.29) is 23.3 Å². The van der Waals surface area contributed by atoms with Crippen molar-refractivity contribution in [3.63, 3.8) is 0 Å². The van der Waals surface area contributed by atoms with E-state index in [1.807, 2.05) is 18.4 Å². The summed E-state index contributed by atoms with van der Waals surface area (Å²) in [6, 6.07) is 4.75. The number of anilines is 1. The molecule has 5 rings (SSSR count). The number of aromatic nitrogens is 4. The Morgan fingerprint density at radius 2 is 2.21 bits per heavy atom. The minimum atomic E-state index is -0.537. The maximum absolute atomic E-state index is 13.2. The monoisotopic (exact) mass is 428 g/mol. The number of hydrogen-bond donors (Lipinski definition) is 1. The van der Waals surface area contributed by atoms with Crippen molar-refractivity contribution in [1.82, 2.24) is 25.1 Å². The van der Waals surface area contributed by atoms with Crippen LogP contribution in [-0.4, -0.2) is 38.7 Å². The van der Waals surface area contributed by atoms with Crippen LogP contribution in [0.5, 0.6) is 0 Å². The van der Waals surface area contributed by atoms with E-state index in [4.69, 9.17) is 0 Å². The number of pyridine rings is 1. The molecule has 1 N–H and O–H groups in total. The first-order chi connectivity index (χ1) is 14.1. The normalized spacial score (nSPS) is 22.9. The Balaban J connectivity index is 1.47. The van der Waals surface area contributed by atoms with E-state index in [9.17, 15) is 9.59 Å². The number of carbonyl (C=O) groups excluding carboxylic acids is 1. The van der Waals surface area contributed by atoms with Gasteiger partial charge in [-0.15, -0.1) is 21.5 Å². The summed E-state index contributed by atoms with van der Waals surface area (Å²) in [5, 5.41) is 14.9. The number of rotatable bonds is 4. The number of hydrogen-bond acceptors (Lipinski definition) is 8. The molecule has 8 nitrogen and oxygen atoms in total. The summed E-state index contributed by atoms with van der Waals surface area (Å²) in [5.41, 5.74) is 3.37. The largest absolute Gasteiger partial charge is 0.349 e. The second kappa shape index (κ2) is 7.34. The number of aryl methyl sites for hydroxylation is 1. The predicted octanol–water partition coefficient (Wildman–Crippen LogP) is 1.95. The number of amides is 1. The van der Waals surface area contributed by atoms with Crippen LogP contribution >= 0.6 is 22.7 Å². The number of fused-ring (bicyclic) bond motifs is 4. The Morgan fingerprint density at radius 1 is 1.31 bits per heavy atom. The quantitative estimate of drug-likeness (QED) is 0.683. The average molecular weight is 429 g/mol. The van der Waals surface area contributed by atoms with Crippen LogP contribution in [-0.2, 0) is 11.3 Å². The number of nitrogens with one attached hydrogen (secondary N) is 1. The number of piperidine rings is 1. The Labute approximate surface area is 175 Å². The fourth-order valence-corrected chi connectivity index (χ4v) is 5.70. The summed E-state index contributed by atoms with van der Waals surface area (Å²) >= 11 is 3.06. The number of nitrogens with zero attached hydrogens (tertiary/aromatic N) is 5. The first-order valence-corrected chi connectivity index (χ1v) is 11.3. The lowest BCUT2D eigenvalue weighted by Gasteiger charge is -2.46. The van der Waals surface area contributed by atoms with E-state index in [1.165, 1.54) is 17.4 Å². The van der Waals surface area contributed by atoms with E-state index in [2.05, 4.69) is 25.4 Å². The van der Waals surface area contributed by atoms with Gasteiger partial charge in [-0.25, -0.2) is 4.98 Å². The van der Waals surface area contributed by atoms with Crippen molar-refractivity contribution in [3.8, 4) is 0 Å². The fourth-order valence-electron chi connectivity index (χ4n) is 4.50. The zero-order valence-corrected chi connectivity index (χ0v) is 17.4. The lowest BCUT2D eigenvalue weighted by atomic mass is 9.78. The van der Waals surface area contributed by atoms with E-state index in [0.29, 0.717) is 13.1 Å². The zero-order chi connectivity index (χ0) is 20.0. The van der Waals surface area contributed by atoms with Crippen LogP contribution < -0.4 is 15.8 Å². The third kappa shape index (κ3) is 3.36. The maximum Gasteiger partial charge on any atom is 0.251 e. The smallest absolute Gasteiger partial charge is 0.251 e. The first kappa shape index (κ1) is 18.4. The molecule has 10 heteroatoms. The van der Waals surface area contributed by atoms with Gasteiger partial charge >= 0.3 is 0 Å². The molecule has 1 fully saturated rings. The van der Waals surface area contributed by atoms with Crippen LogP contribution in [0.3, 0.4) is 0 Å². The molecular formula is C19H20N6O2S2. The van der Waals surface area contributed by atoms with E-state index >= 15 is 0 Å². The van der Waals surface area contributed by atoms with Gasteiger partial charge in [-0.2, -0.15) is 0 Å². The van der Waals surface area contributed by atoms with Gasteiger partial charge in [0.1, 0.15) is 11.6 Å². The van der Waals surface area contributed by atoms with Gasteiger partial charge in [0.25, 0.3) is 5.56 Å². The third-order valence-electron chi connectivity index (χ3n) is 5.65. The molecule has 29 heavy (non-hydrogen) atoms. The summed E-state index contributed by atoms with van der Waals surface area (Å²) in [7, 11) is 0. The summed E-state index contributed by atoms with van der Waals surface area (Å²) < 4.78 is 1.71. The zero-order valence-electron chi connectivity index (χ0n) is 15.8. The van der Waals surface area contributed by atoms with E-state index < -0.39 is 6.04 Å². The highest BCUT2D eigenvalue weighted by molar-refractivity contribution is 7.13. The Hall–Kier alpha value is -2.59. The molecule has 2 aliphatic heterocycles. The molecule has 0 spiro atoms. The molecule has 0 aromatic carbocycles. The van der Waals surface area contributed by atoms with Gasteiger partial charge in [0.2, 0.25) is 11.0 Å². The lowest BCUT2D eigenvalue weighted by Crippen LogP contribution is -2.53. The molecule has 0 unspecified atom stereocenters. The maximum atomic E-state index is 13.2. The Morgan fingerprint density at radius 3 is 2.97 bits per heavy atom. The highest BCUT2D eigenvalue weighted by atomic mass is 32.1. The van der Waals surface area contributed by atoms with Gasteiger partial charge in [0, 0.05) is 42.1 Å². The molecule has 150 valence electrons. The van der Waals surface area contributed by atoms with Crippen molar-refractivity contribution < 1.29 is 4.79 Å². The van der Waals surface area contributed by atoms with Crippen molar-refractivity contribution in [3.05, 3.63) is 55.8 Å². The molecule has 1 amide bonds. The molecule has 2 bridgehead atoms. The van der Waals surface area contributed by atoms with Gasteiger partial charge in [0.15, 0.2) is 0 Å². The van der Waals surface area contributed by atoms with Crippen molar-refractivity contribution >= 4 is 33.7 Å². The van der Waals surface area contributed by atoms with Crippen LogP contribution in [0.15, 0.2) is 33.9 Å². The Kier molecular flexibility index (Phi) is 4.67. The molecule has 1 saturated heterocycles. The standard InChI is InChI=1S/C19H20N6O2S2/c1-11-22-14(9-28-11)6-20-18(27)17-13-5-12(15-3-2-4-16(26)25(15)17)7-24(8-13)19-23-21-10-29-19/h2-4,9-10,12-13,17H,5-8H2,1H3,(H,20,27)/t12-,13+,17+/m0/s1. The predicted molar refractivity (Wildman–Crippen MR) is 111 cm³/mol. The Bertz CT molecular complexity index is 1090. The molecule has 3 atom stereocenters. The molecule has 0 saturated carbocycles. The van der Waals surface area contributed by atoms with E-state index in [0.717, 1.165) is 34.5 Å². The van der Waals surface area contributed by atoms with Gasteiger partial charge < -0.3 is 10.2 Å². The molecular weight excluding hydrogens is 408 g/mol. The first-order valence-electron chi connectivity index (χ1n) is 9.51. The minimum absolute atomic E-state index is 0.0300. The molecule has 0 radical (unpaired) electrons. The van der Waals surface area contributed by atoms with Crippen LogP contribution in [0, 0.1) is 12.8 Å². The number of carbonyl (C=O) groups is 1. The van der Waals surface area contributed by atoms with Gasteiger partial charge in [-0.3, -0.25) is 14.2 Å². The summed E-state index contributed by atoms with van der Waals surface area (Å²) in [6.07, 6.45) is 0.882. The van der Waals surface area contributed by atoms with Crippen LogP contribution in [0.25, 0.3) is 0 Å². The average Bonchev–Trinajstić information content (AvgIpc) is 3.39. The molecule has 2 aliphatic rings. The second-order valence-electron chi connectivity index (χ2n) is 7.50. The highest BCUT2D eigenvalue weighted by Gasteiger charge is 2.44. The van der Waals surface area contributed by atoms with Crippen LogP contribution in [0.4, 0.5) is 5.13 Å². The fraction of sp³-hybridized carbons (Fsp3) is 0.421.